The number of piperazine rings is 1. The summed E-state index contributed by atoms with van der Waals surface area (Å²) in [7, 11) is 0. The molecule has 7 nitrogen and oxygen atoms in total. The van der Waals surface area contributed by atoms with Gasteiger partial charge in [0.15, 0.2) is 5.78 Å². The zero-order chi connectivity index (χ0) is 19.8. The predicted octanol–water partition coefficient (Wildman–Crippen LogP) is 0.889. The number of carbonyl (C=O) groups is 2. The Balaban J connectivity index is 1.19. The number of fused-ring (bicyclic) bond motifs is 1. The molecule has 0 saturated carbocycles. The monoisotopic (exact) mass is 393 g/mol. The van der Waals surface area contributed by atoms with E-state index in [2.05, 4.69) is 50.4 Å². The molecule has 3 saturated heterocycles. The van der Waals surface area contributed by atoms with Gasteiger partial charge in [-0.1, -0.05) is 24.3 Å². The van der Waals surface area contributed by atoms with Gasteiger partial charge in [0, 0.05) is 63.3 Å². The summed E-state index contributed by atoms with van der Waals surface area (Å²) in [6.45, 7) is 5.54. The fraction of sp³-hybridized carbons (Fsp3) is 0.500. The van der Waals surface area contributed by atoms with Crippen LogP contribution in [0.3, 0.4) is 0 Å². The third-order valence-corrected chi connectivity index (χ3v) is 6.53. The lowest BCUT2D eigenvalue weighted by atomic mass is 10.1. The van der Waals surface area contributed by atoms with Gasteiger partial charge in [0.25, 0.3) is 0 Å². The maximum Gasteiger partial charge on any atom is 0.240 e. The summed E-state index contributed by atoms with van der Waals surface area (Å²) in [6, 6.07) is 10.7. The van der Waals surface area contributed by atoms with Crippen LogP contribution in [0.5, 0.6) is 0 Å². The Morgan fingerprint density at radius 1 is 1.07 bits per heavy atom. The van der Waals surface area contributed by atoms with Crippen molar-refractivity contribution in [2.45, 2.75) is 24.9 Å². The quantitative estimate of drug-likeness (QED) is 0.835. The molecule has 4 heterocycles. The van der Waals surface area contributed by atoms with Crippen LogP contribution in [-0.2, 0) is 9.59 Å². The number of Topliss-reactive ketones (excluding diaryl/α,β-unsaturated/α-hetero) is 1. The number of pyridine rings is 1. The molecule has 7 heteroatoms. The Kier molecular flexibility index (Phi) is 4.93. The van der Waals surface area contributed by atoms with E-state index in [1.54, 1.807) is 4.90 Å². The van der Waals surface area contributed by atoms with E-state index in [-0.39, 0.29) is 17.7 Å². The first-order chi connectivity index (χ1) is 14.2. The summed E-state index contributed by atoms with van der Waals surface area (Å²) in [5.41, 5.74) is 0. The number of carbonyl (C=O) groups excluding carboxylic acids is 2. The third kappa shape index (κ3) is 3.60. The second-order valence-corrected chi connectivity index (χ2v) is 8.28. The van der Waals surface area contributed by atoms with Crippen molar-refractivity contribution in [3.8, 4) is 0 Å². The topological polar surface area (TPSA) is 68.8 Å². The zero-order valence-corrected chi connectivity index (χ0v) is 16.6. The van der Waals surface area contributed by atoms with E-state index >= 15 is 0 Å². The maximum atomic E-state index is 12.7. The average molecular weight is 393 g/mol. The molecular weight excluding hydrogens is 366 g/mol. The molecule has 3 aliphatic rings. The summed E-state index contributed by atoms with van der Waals surface area (Å²) in [6.07, 6.45) is 3.23. The first kappa shape index (κ1) is 18.5. The SMILES string of the molecule is O=C1CCN(C(=O)[C@@H]2C[C@H](N3CCN(c4nccc5ccccc45)CC3)CN2)C1. The Hall–Kier alpha value is -2.51. The highest BCUT2D eigenvalue weighted by atomic mass is 16.2. The molecule has 1 aromatic heterocycles. The molecule has 5 rings (SSSR count). The van der Waals surface area contributed by atoms with E-state index < -0.39 is 0 Å². The third-order valence-electron chi connectivity index (χ3n) is 6.53. The van der Waals surface area contributed by atoms with E-state index in [0.29, 0.717) is 25.6 Å². The highest BCUT2D eigenvalue weighted by molar-refractivity contribution is 5.92. The minimum Gasteiger partial charge on any atom is -0.354 e. The Bertz CT molecular complexity index is 919. The summed E-state index contributed by atoms with van der Waals surface area (Å²) in [5, 5.41) is 5.82. The van der Waals surface area contributed by atoms with Gasteiger partial charge in [0.05, 0.1) is 12.6 Å². The zero-order valence-electron chi connectivity index (χ0n) is 16.6. The van der Waals surface area contributed by atoms with Crippen molar-refractivity contribution in [1.29, 1.82) is 0 Å². The van der Waals surface area contributed by atoms with Gasteiger partial charge in [-0.25, -0.2) is 4.98 Å². The number of likely N-dealkylation sites (tertiary alicyclic amines) is 1. The highest BCUT2D eigenvalue weighted by Gasteiger charge is 2.37. The number of nitrogens with one attached hydrogen (secondary N) is 1. The lowest BCUT2D eigenvalue weighted by Crippen LogP contribution is -2.51. The average Bonchev–Trinajstić information content (AvgIpc) is 3.43. The van der Waals surface area contributed by atoms with Crippen LogP contribution in [0.25, 0.3) is 10.8 Å². The first-order valence-electron chi connectivity index (χ1n) is 10.6. The molecule has 29 heavy (non-hydrogen) atoms. The fourth-order valence-electron chi connectivity index (χ4n) is 4.88. The molecule has 0 bridgehead atoms. The summed E-state index contributed by atoms with van der Waals surface area (Å²) >= 11 is 0. The van der Waals surface area contributed by atoms with Crippen LogP contribution in [-0.4, -0.2) is 84.4 Å². The maximum absolute atomic E-state index is 12.7. The summed E-state index contributed by atoms with van der Waals surface area (Å²) in [4.78, 5) is 35.4. The molecule has 1 aromatic carbocycles. The Labute approximate surface area is 170 Å². The van der Waals surface area contributed by atoms with E-state index in [1.165, 1.54) is 10.8 Å². The summed E-state index contributed by atoms with van der Waals surface area (Å²) < 4.78 is 0. The predicted molar refractivity (Wildman–Crippen MR) is 112 cm³/mol. The normalized spacial score (nSPS) is 25.9. The molecule has 2 atom stereocenters. The van der Waals surface area contributed by atoms with Crippen molar-refractivity contribution in [2.24, 2.45) is 0 Å². The van der Waals surface area contributed by atoms with Gasteiger partial charge in [-0.3, -0.25) is 14.5 Å². The molecule has 3 fully saturated rings. The molecule has 0 unspecified atom stereocenters. The van der Waals surface area contributed by atoms with Crippen LogP contribution >= 0.6 is 0 Å². The van der Waals surface area contributed by atoms with Crippen LogP contribution in [0.2, 0.25) is 0 Å². The standard InChI is InChI=1S/C22H27N5O2/c28-18-6-8-27(15-18)22(29)20-13-17(14-24-20)25-9-11-26(12-10-25)21-19-4-2-1-3-16(19)5-7-23-21/h1-5,7,17,20,24H,6,8-15H2/t17-,20-/m0/s1. The van der Waals surface area contributed by atoms with Crippen LogP contribution in [0.1, 0.15) is 12.8 Å². The molecule has 1 N–H and O–H groups in total. The van der Waals surface area contributed by atoms with Crippen molar-refractivity contribution in [3.63, 3.8) is 0 Å². The molecule has 0 spiro atoms. The van der Waals surface area contributed by atoms with Crippen molar-refractivity contribution < 1.29 is 9.59 Å². The van der Waals surface area contributed by atoms with E-state index in [4.69, 9.17) is 0 Å². The number of nitrogens with zero attached hydrogens (tertiary/aromatic N) is 4. The van der Waals surface area contributed by atoms with E-state index in [9.17, 15) is 9.59 Å². The van der Waals surface area contributed by atoms with Crippen LogP contribution in [0.4, 0.5) is 5.82 Å². The van der Waals surface area contributed by atoms with Gasteiger partial charge in [-0.2, -0.15) is 0 Å². The number of amides is 1. The Morgan fingerprint density at radius 2 is 1.90 bits per heavy atom. The van der Waals surface area contributed by atoms with E-state index in [0.717, 1.165) is 45.0 Å². The van der Waals surface area contributed by atoms with Crippen LogP contribution < -0.4 is 10.2 Å². The van der Waals surface area contributed by atoms with Gasteiger partial charge < -0.3 is 15.1 Å². The number of benzene rings is 1. The van der Waals surface area contributed by atoms with E-state index in [1.807, 2.05) is 6.20 Å². The second-order valence-electron chi connectivity index (χ2n) is 8.28. The van der Waals surface area contributed by atoms with Gasteiger partial charge in [-0.05, 0) is 17.9 Å². The summed E-state index contributed by atoms with van der Waals surface area (Å²) in [5.74, 6) is 1.34. The Morgan fingerprint density at radius 3 is 2.69 bits per heavy atom. The molecule has 152 valence electrons. The largest absolute Gasteiger partial charge is 0.354 e. The molecule has 0 radical (unpaired) electrons. The highest BCUT2D eigenvalue weighted by Crippen LogP contribution is 2.26. The van der Waals surface area contributed by atoms with Crippen molar-refractivity contribution >= 4 is 28.3 Å². The number of aromatic nitrogens is 1. The second kappa shape index (κ2) is 7.72. The first-order valence-corrected chi connectivity index (χ1v) is 10.6. The van der Waals surface area contributed by atoms with Crippen molar-refractivity contribution in [1.82, 2.24) is 20.1 Å². The number of anilines is 1. The van der Waals surface area contributed by atoms with Gasteiger partial charge in [0.1, 0.15) is 5.82 Å². The lowest BCUT2D eigenvalue weighted by Gasteiger charge is -2.38. The molecule has 1 amide bonds. The number of ketones is 1. The number of hydrogen-bond donors (Lipinski definition) is 1. The van der Waals surface area contributed by atoms with Gasteiger partial charge in [-0.15, -0.1) is 0 Å². The van der Waals surface area contributed by atoms with Crippen molar-refractivity contribution in [3.05, 3.63) is 36.5 Å². The van der Waals surface area contributed by atoms with Crippen LogP contribution in [0, 0.1) is 0 Å². The molecule has 2 aromatic rings. The minimum absolute atomic E-state index is 0.0944. The minimum atomic E-state index is -0.149. The molecule has 3 aliphatic heterocycles. The smallest absolute Gasteiger partial charge is 0.240 e. The van der Waals surface area contributed by atoms with Gasteiger partial charge in [0.2, 0.25) is 5.91 Å². The fourth-order valence-corrected chi connectivity index (χ4v) is 4.88. The molecular formula is C22H27N5O2. The number of rotatable bonds is 3. The molecule has 0 aliphatic carbocycles. The number of hydrogen-bond acceptors (Lipinski definition) is 6. The van der Waals surface area contributed by atoms with Crippen LogP contribution in [0.15, 0.2) is 36.5 Å². The van der Waals surface area contributed by atoms with Crippen molar-refractivity contribution in [2.75, 3.05) is 50.7 Å². The lowest BCUT2D eigenvalue weighted by molar-refractivity contribution is -0.133. The van der Waals surface area contributed by atoms with Gasteiger partial charge >= 0.3 is 0 Å².